The molecule has 2 nitrogen and oxygen atoms in total. The first kappa shape index (κ1) is 13.2. The van der Waals surface area contributed by atoms with Gasteiger partial charge in [-0.3, -0.25) is 4.98 Å². The average molecular weight is 260 g/mol. The first-order valence-corrected chi connectivity index (χ1v) is 7.22. The second-order valence-corrected chi connectivity index (χ2v) is 5.90. The van der Waals surface area contributed by atoms with Gasteiger partial charge < -0.3 is 5.32 Å². The maximum Gasteiger partial charge on any atom is 0.0440 e. The number of hydrogen-bond donors (Lipinski definition) is 1. The van der Waals surface area contributed by atoms with Gasteiger partial charge in [0.05, 0.1) is 0 Å². The molecular weight excluding hydrogens is 240 g/mol. The van der Waals surface area contributed by atoms with Gasteiger partial charge in [0.1, 0.15) is 0 Å². The lowest BCUT2D eigenvalue weighted by molar-refractivity contribution is 0.416. The van der Waals surface area contributed by atoms with Crippen LogP contribution in [0.4, 0.5) is 0 Å². The van der Waals surface area contributed by atoms with Crippen LogP contribution >= 0.6 is 11.3 Å². The summed E-state index contributed by atoms with van der Waals surface area (Å²) < 4.78 is 0. The van der Waals surface area contributed by atoms with Gasteiger partial charge in [0, 0.05) is 29.9 Å². The zero-order valence-electron chi connectivity index (χ0n) is 11.2. The largest absolute Gasteiger partial charge is 0.305 e. The molecule has 0 saturated carbocycles. The number of pyridine rings is 1. The summed E-state index contributed by atoms with van der Waals surface area (Å²) >= 11 is 1.82. The Labute approximate surface area is 113 Å². The maximum atomic E-state index is 4.13. The van der Waals surface area contributed by atoms with Gasteiger partial charge in [-0.05, 0) is 41.5 Å². The molecule has 3 heteroatoms. The van der Waals surface area contributed by atoms with E-state index in [0.29, 0.717) is 12.0 Å². The molecule has 0 fully saturated rings. The number of rotatable bonds is 5. The molecule has 0 saturated heterocycles. The van der Waals surface area contributed by atoms with Gasteiger partial charge in [-0.25, -0.2) is 0 Å². The molecule has 0 amide bonds. The Hall–Kier alpha value is -1.19. The van der Waals surface area contributed by atoms with Crippen molar-refractivity contribution in [1.82, 2.24) is 10.3 Å². The Balaban J connectivity index is 2.05. The molecule has 0 aliphatic rings. The maximum absolute atomic E-state index is 4.13. The van der Waals surface area contributed by atoms with Crippen molar-refractivity contribution in [2.24, 2.45) is 5.92 Å². The Bertz CT molecular complexity index is 477. The van der Waals surface area contributed by atoms with Crippen LogP contribution in [-0.4, -0.2) is 4.98 Å². The van der Waals surface area contributed by atoms with Crippen LogP contribution < -0.4 is 5.32 Å². The monoisotopic (exact) mass is 260 g/mol. The number of nitrogens with one attached hydrogen (secondary N) is 1. The van der Waals surface area contributed by atoms with Crippen molar-refractivity contribution in [2.45, 2.75) is 33.4 Å². The van der Waals surface area contributed by atoms with Crippen molar-refractivity contribution in [2.75, 3.05) is 0 Å². The highest BCUT2D eigenvalue weighted by molar-refractivity contribution is 7.10. The van der Waals surface area contributed by atoms with Crippen LogP contribution in [0.3, 0.4) is 0 Å². The van der Waals surface area contributed by atoms with E-state index < -0.39 is 0 Å². The van der Waals surface area contributed by atoms with Crippen LogP contribution in [0.1, 0.15) is 35.9 Å². The number of nitrogens with zero attached hydrogens (tertiary/aromatic N) is 1. The molecular formula is C15H20N2S. The van der Waals surface area contributed by atoms with E-state index in [1.165, 1.54) is 16.0 Å². The van der Waals surface area contributed by atoms with Gasteiger partial charge in [-0.15, -0.1) is 11.3 Å². The molecule has 0 spiro atoms. The van der Waals surface area contributed by atoms with Gasteiger partial charge in [-0.1, -0.05) is 19.9 Å². The Morgan fingerprint density at radius 1 is 1.33 bits per heavy atom. The van der Waals surface area contributed by atoms with Crippen molar-refractivity contribution in [1.29, 1.82) is 0 Å². The van der Waals surface area contributed by atoms with E-state index in [9.17, 15) is 0 Å². The summed E-state index contributed by atoms with van der Waals surface area (Å²) in [6.45, 7) is 7.53. The van der Waals surface area contributed by atoms with E-state index >= 15 is 0 Å². The number of aromatic nitrogens is 1. The molecule has 1 unspecified atom stereocenters. The molecule has 0 bridgehead atoms. The average Bonchev–Trinajstić information content (AvgIpc) is 2.85. The Morgan fingerprint density at radius 2 is 2.17 bits per heavy atom. The summed E-state index contributed by atoms with van der Waals surface area (Å²) in [4.78, 5) is 5.54. The lowest BCUT2D eigenvalue weighted by Gasteiger charge is -2.21. The van der Waals surface area contributed by atoms with Crippen molar-refractivity contribution in [3.05, 3.63) is 52.0 Å². The fourth-order valence-corrected chi connectivity index (χ4v) is 3.03. The fourth-order valence-electron chi connectivity index (χ4n) is 2.05. The van der Waals surface area contributed by atoms with E-state index in [1.807, 2.05) is 23.7 Å². The molecule has 2 aromatic rings. The molecule has 0 aliphatic carbocycles. The van der Waals surface area contributed by atoms with Gasteiger partial charge in [0.25, 0.3) is 0 Å². The zero-order valence-corrected chi connectivity index (χ0v) is 12.0. The zero-order chi connectivity index (χ0) is 13.0. The molecule has 18 heavy (non-hydrogen) atoms. The SMILES string of the molecule is Cc1cnccc1CNC(c1cccs1)C(C)C. The molecule has 96 valence electrons. The Kier molecular flexibility index (Phi) is 4.50. The number of thiophene rings is 1. The lowest BCUT2D eigenvalue weighted by atomic mass is 10.0. The highest BCUT2D eigenvalue weighted by Gasteiger charge is 2.16. The molecule has 0 aliphatic heterocycles. The highest BCUT2D eigenvalue weighted by Crippen LogP contribution is 2.26. The van der Waals surface area contributed by atoms with Crippen LogP contribution in [0.25, 0.3) is 0 Å². The van der Waals surface area contributed by atoms with Crippen LogP contribution in [-0.2, 0) is 6.54 Å². The molecule has 1 atom stereocenters. The van der Waals surface area contributed by atoms with Crippen LogP contribution in [0, 0.1) is 12.8 Å². The van der Waals surface area contributed by atoms with E-state index in [2.05, 4.69) is 54.7 Å². The lowest BCUT2D eigenvalue weighted by Crippen LogP contribution is -2.24. The quantitative estimate of drug-likeness (QED) is 0.881. The van der Waals surface area contributed by atoms with E-state index in [0.717, 1.165) is 6.54 Å². The van der Waals surface area contributed by atoms with Gasteiger partial charge in [0.15, 0.2) is 0 Å². The standard InChI is InChI=1S/C15H20N2S/c1-11(2)15(14-5-4-8-18-14)17-10-13-6-7-16-9-12(13)3/h4-9,11,15,17H,10H2,1-3H3. The topological polar surface area (TPSA) is 24.9 Å². The van der Waals surface area contributed by atoms with Crippen molar-refractivity contribution in [3.63, 3.8) is 0 Å². The summed E-state index contributed by atoms with van der Waals surface area (Å²) in [5.41, 5.74) is 2.57. The molecule has 2 heterocycles. The molecule has 0 aromatic carbocycles. The molecule has 1 N–H and O–H groups in total. The predicted molar refractivity (Wildman–Crippen MR) is 77.7 cm³/mol. The molecule has 2 aromatic heterocycles. The minimum absolute atomic E-state index is 0.428. The van der Waals surface area contributed by atoms with Crippen molar-refractivity contribution in [3.8, 4) is 0 Å². The normalized spacial score (nSPS) is 12.9. The van der Waals surface area contributed by atoms with E-state index in [4.69, 9.17) is 0 Å². The summed E-state index contributed by atoms with van der Waals surface area (Å²) in [7, 11) is 0. The van der Waals surface area contributed by atoms with Gasteiger partial charge >= 0.3 is 0 Å². The minimum atomic E-state index is 0.428. The third-order valence-electron chi connectivity index (χ3n) is 3.17. The van der Waals surface area contributed by atoms with Gasteiger partial charge in [-0.2, -0.15) is 0 Å². The first-order valence-electron chi connectivity index (χ1n) is 6.34. The first-order chi connectivity index (χ1) is 8.68. The second-order valence-electron chi connectivity index (χ2n) is 4.92. The Morgan fingerprint density at radius 3 is 2.78 bits per heavy atom. The third kappa shape index (κ3) is 3.18. The van der Waals surface area contributed by atoms with Crippen molar-refractivity contribution < 1.29 is 0 Å². The summed E-state index contributed by atoms with van der Waals surface area (Å²) in [5.74, 6) is 0.589. The van der Waals surface area contributed by atoms with Crippen LogP contribution in [0.2, 0.25) is 0 Å². The van der Waals surface area contributed by atoms with E-state index in [-0.39, 0.29) is 0 Å². The second kappa shape index (κ2) is 6.12. The third-order valence-corrected chi connectivity index (χ3v) is 4.12. The predicted octanol–water partition coefficient (Wildman–Crippen LogP) is 3.94. The molecule has 0 radical (unpaired) electrons. The number of aryl methyl sites for hydroxylation is 1. The summed E-state index contributed by atoms with van der Waals surface area (Å²) in [5, 5.41) is 5.80. The minimum Gasteiger partial charge on any atom is -0.305 e. The fraction of sp³-hybridized carbons (Fsp3) is 0.400. The summed E-state index contributed by atoms with van der Waals surface area (Å²) in [6, 6.07) is 6.85. The van der Waals surface area contributed by atoms with Gasteiger partial charge in [0.2, 0.25) is 0 Å². The smallest absolute Gasteiger partial charge is 0.0440 e. The van der Waals surface area contributed by atoms with Crippen LogP contribution in [0.15, 0.2) is 36.0 Å². The van der Waals surface area contributed by atoms with E-state index in [1.54, 1.807) is 0 Å². The highest BCUT2D eigenvalue weighted by atomic mass is 32.1. The summed E-state index contributed by atoms with van der Waals surface area (Å²) in [6.07, 6.45) is 3.78. The van der Waals surface area contributed by atoms with Crippen molar-refractivity contribution >= 4 is 11.3 Å². The number of hydrogen-bond acceptors (Lipinski definition) is 3. The van der Waals surface area contributed by atoms with Crippen LogP contribution in [0.5, 0.6) is 0 Å². The molecule has 2 rings (SSSR count).